The average molecular weight is 493 g/mol. The minimum absolute atomic E-state index is 0.314. The van der Waals surface area contributed by atoms with Crippen molar-refractivity contribution in [3.63, 3.8) is 0 Å². The second-order valence-electron chi connectivity index (χ2n) is 6.47. The molecule has 0 unspecified atom stereocenters. The zero-order valence-corrected chi connectivity index (χ0v) is 19.8. The summed E-state index contributed by atoms with van der Waals surface area (Å²) in [6.07, 6.45) is -4.06. The largest absolute Gasteiger partial charge is 0.497 e. The van der Waals surface area contributed by atoms with Crippen LogP contribution >= 0.6 is 42.4 Å². The number of aliphatic hydroxyl groups excluding tert-OH is 1. The maximum Gasteiger partial charge on any atom is 0.410 e. The van der Waals surface area contributed by atoms with Gasteiger partial charge in [-0.25, -0.2) is 4.79 Å². The van der Waals surface area contributed by atoms with Crippen LogP contribution in [0.4, 0.5) is 4.79 Å². The third-order valence-electron chi connectivity index (χ3n) is 3.19. The Labute approximate surface area is 185 Å². The minimum atomic E-state index is -4.03. The fraction of sp³-hybridized carbons (Fsp3) is 0.588. The summed E-state index contributed by atoms with van der Waals surface area (Å²) in [5, 5.41) is 11.7. The molecular formula is C17H25Cl3NO7P. The fourth-order valence-corrected chi connectivity index (χ4v) is 4.51. The lowest BCUT2D eigenvalue weighted by molar-refractivity contribution is 0.0640. The maximum atomic E-state index is 13.6. The van der Waals surface area contributed by atoms with Crippen molar-refractivity contribution in [3.8, 4) is 5.75 Å². The number of amides is 1. The van der Waals surface area contributed by atoms with E-state index in [4.69, 9.17) is 53.3 Å². The number of hydrogen-bond acceptors (Lipinski definition) is 7. The van der Waals surface area contributed by atoms with Gasteiger partial charge in [0.15, 0.2) is 6.23 Å². The van der Waals surface area contributed by atoms with Gasteiger partial charge in [0.05, 0.1) is 19.3 Å². The molecule has 166 valence electrons. The van der Waals surface area contributed by atoms with E-state index in [-0.39, 0.29) is 0 Å². The molecule has 0 saturated heterocycles. The maximum absolute atomic E-state index is 13.6. The van der Waals surface area contributed by atoms with Gasteiger partial charge < -0.3 is 23.6 Å². The first kappa shape index (κ1) is 26.3. The Balaban J connectivity index is 3.28. The van der Waals surface area contributed by atoms with Gasteiger partial charge in [-0.3, -0.25) is 9.88 Å². The number of carbonyl (C=O) groups is 1. The van der Waals surface area contributed by atoms with E-state index in [2.05, 4.69) is 0 Å². The lowest BCUT2D eigenvalue weighted by Gasteiger charge is -2.30. The highest BCUT2D eigenvalue weighted by Crippen LogP contribution is 2.63. The molecule has 0 radical (unpaired) electrons. The van der Waals surface area contributed by atoms with Crippen LogP contribution in [-0.4, -0.2) is 40.5 Å². The van der Waals surface area contributed by atoms with Gasteiger partial charge in [0.1, 0.15) is 5.75 Å². The second kappa shape index (κ2) is 11.0. The smallest absolute Gasteiger partial charge is 0.410 e. The number of rotatable bonds is 9. The van der Waals surface area contributed by atoms with Gasteiger partial charge in [0, 0.05) is 5.56 Å². The Kier molecular flexibility index (Phi) is 10.0. The van der Waals surface area contributed by atoms with Crippen LogP contribution in [0.2, 0.25) is 0 Å². The Morgan fingerprint density at radius 3 is 1.93 bits per heavy atom. The molecule has 2 atom stereocenters. The van der Waals surface area contributed by atoms with Crippen LogP contribution in [0.1, 0.15) is 39.1 Å². The zero-order valence-electron chi connectivity index (χ0n) is 16.6. The van der Waals surface area contributed by atoms with Gasteiger partial charge in [0.2, 0.25) is 9.64 Å². The number of hydrogen-bond donors (Lipinski definition) is 2. The highest BCUT2D eigenvalue weighted by atomic mass is 35.6. The number of benzene rings is 1. The van der Waals surface area contributed by atoms with Gasteiger partial charge in [-0.1, -0.05) is 46.9 Å². The number of ether oxygens (including phenoxy) is 2. The molecular weight excluding hydrogens is 468 g/mol. The van der Waals surface area contributed by atoms with Crippen molar-refractivity contribution in [2.75, 3.05) is 7.11 Å². The summed E-state index contributed by atoms with van der Waals surface area (Å²) in [6, 6.07) is 6.27. The van der Waals surface area contributed by atoms with Crippen molar-refractivity contribution in [2.24, 2.45) is 0 Å². The molecule has 0 spiro atoms. The number of alkyl carbamates (subject to hydrolysis) is 1. The fourth-order valence-electron chi connectivity index (χ4n) is 2.14. The molecule has 0 aromatic heterocycles. The summed E-state index contributed by atoms with van der Waals surface area (Å²) in [6.45, 7) is 6.64. The summed E-state index contributed by atoms with van der Waals surface area (Å²) >= 11 is 16.6. The van der Waals surface area contributed by atoms with E-state index < -0.39 is 41.8 Å². The van der Waals surface area contributed by atoms with Crippen molar-refractivity contribution >= 4 is 48.5 Å². The molecule has 0 heterocycles. The van der Waals surface area contributed by atoms with Gasteiger partial charge in [-0.05, 0) is 39.8 Å². The van der Waals surface area contributed by atoms with E-state index in [0.717, 1.165) is 0 Å². The summed E-state index contributed by atoms with van der Waals surface area (Å²) in [7, 11) is -2.54. The highest BCUT2D eigenvalue weighted by Gasteiger charge is 2.43. The molecule has 0 aliphatic rings. The molecule has 0 fully saturated rings. The van der Waals surface area contributed by atoms with Crippen molar-refractivity contribution < 1.29 is 33.0 Å². The van der Waals surface area contributed by atoms with E-state index in [1.807, 2.05) is 5.32 Å². The van der Waals surface area contributed by atoms with Crippen molar-refractivity contribution in [1.82, 2.24) is 5.32 Å². The van der Waals surface area contributed by atoms with E-state index in [1.54, 1.807) is 52.0 Å². The number of aliphatic hydroxyl groups is 1. The lowest BCUT2D eigenvalue weighted by atomic mass is 10.2. The Bertz CT molecular complexity index is 696. The van der Waals surface area contributed by atoms with Crippen molar-refractivity contribution in [2.45, 2.75) is 55.8 Å². The molecule has 8 nitrogen and oxygen atoms in total. The topological polar surface area (TPSA) is 103 Å². The number of halogens is 3. The predicted octanol–water partition coefficient (Wildman–Crippen LogP) is 5.15. The molecule has 0 saturated carbocycles. The van der Waals surface area contributed by atoms with E-state index in [1.165, 1.54) is 7.11 Å². The Morgan fingerprint density at radius 2 is 1.55 bits per heavy atom. The third kappa shape index (κ3) is 8.50. The summed E-state index contributed by atoms with van der Waals surface area (Å²) in [4.78, 5) is 12.3. The first-order chi connectivity index (χ1) is 13.3. The van der Waals surface area contributed by atoms with Crippen LogP contribution in [0.25, 0.3) is 0 Å². The normalized spacial score (nSPS) is 14.6. The number of methoxy groups -OCH3 is 1. The van der Waals surface area contributed by atoms with E-state index >= 15 is 0 Å². The van der Waals surface area contributed by atoms with Crippen LogP contribution in [0.15, 0.2) is 24.3 Å². The molecule has 0 aliphatic carbocycles. The summed E-state index contributed by atoms with van der Waals surface area (Å²) < 4.78 is 32.9. The third-order valence-corrected chi connectivity index (χ3v) is 6.22. The van der Waals surface area contributed by atoms with E-state index in [9.17, 15) is 14.5 Å². The van der Waals surface area contributed by atoms with Crippen LogP contribution < -0.4 is 10.1 Å². The van der Waals surface area contributed by atoms with Crippen LogP contribution in [0.3, 0.4) is 0 Å². The van der Waals surface area contributed by atoms with Crippen molar-refractivity contribution in [3.05, 3.63) is 29.8 Å². The molecule has 29 heavy (non-hydrogen) atoms. The monoisotopic (exact) mass is 491 g/mol. The molecule has 2 N–H and O–H groups in total. The zero-order chi connectivity index (χ0) is 22.4. The average Bonchev–Trinajstić information content (AvgIpc) is 2.57. The van der Waals surface area contributed by atoms with E-state index in [0.29, 0.717) is 11.3 Å². The standard InChI is InChI=1S/C17H25Cl3NO7P/c1-10(2)27-29(24,28-11(3)4)14(12-6-8-13(25-5)9-7-12)26-16(23)21-15(22)17(18,19)20/h6-11,14-15,22H,1-5H3,(H,21,23)/t14-,15-/m1/s1. The number of carbonyl (C=O) groups excluding carboxylic acids is 1. The first-order valence-corrected chi connectivity index (χ1v) is 11.4. The highest BCUT2D eigenvalue weighted by molar-refractivity contribution is 7.54. The molecule has 1 aromatic rings. The molecule has 12 heteroatoms. The van der Waals surface area contributed by atoms with Gasteiger partial charge in [-0.2, -0.15) is 0 Å². The van der Waals surface area contributed by atoms with Crippen LogP contribution in [0, 0.1) is 0 Å². The minimum Gasteiger partial charge on any atom is -0.497 e. The molecule has 1 amide bonds. The van der Waals surface area contributed by atoms with Gasteiger partial charge in [0.25, 0.3) is 0 Å². The SMILES string of the molecule is COc1ccc([C@H](OC(=O)N[C@H](O)C(Cl)(Cl)Cl)P(=O)(OC(C)C)OC(C)C)cc1. The summed E-state index contributed by atoms with van der Waals surface area (Å²) in [5.74, 6) is -0.922. The summed E-state index contributed by atoms with van der Waals surface area (Å²) in [5.41, 5.74) is 0.314. The predicted molar refractivity (Wildman–Crippen MR) is 112 cm³/mol. The first-order valence-electron chi connectivity index (χ1n) is 8.61. The van der Waals surface area contributed by atoms with Crippen molar-refractivity contribution in [1.29, 1.82) is 0 Å². The Hall–Kier alpha value is -0.730. The molecule has 1 rings (SSSR count). The van der Waals surface area contributed by atoms with Crippen LogP contribution in [0.5, 0.6) is 5.75 Å². The quantitative estimate of drug-likeness (QED) is 0.279. The lowest BCUT2D eigenvalue weighted by Crippen LogP contribution is -2.44. The Morgan fingerprint density at radius 1 is 1.07 bits per heavy atom. The van der Waals surface area contributed by atoms with Gasteiger partial charge >= 0.3 is 13.7 Å². The van der Waals surface area contributed by atoms with Gasteiger partial charge in [-0.15, -0.1) is 0 Å². The number of alkyl halides is 3. The molecule has 0 bridgehead atoms. The molecule has 0 aliphatic heterocycles. The number of nitrogens with one attached hydrogen (secondary N) is 1. The molecule has 1 aromatic carbocycles. The second-order valence-corrected chi connectivity index (χ2v) is 10.8. The van der Waals surface area contributed by atoms with Crippen LogP contribution in [-0.2, 0) is 18.3 Å².